The third-order valence-electron chi connectivity index (χ3n) is 4.75. The fourth-order valence-electron chi connectivity index (χ4n) is 3.11. The standard InChI is InChI=1S/C21H22BrN3O2/c1-3-20(26)23(2)18-9-7-16(8-10-18)21(27)25-13-11-24(12-14-25)19-6-4-5-17(22)15-19/h3-10,15H,1,11-14H2,2H3. The number of piperazine rings is 1. The van der Waals surface area contributed by atoms with Crippen LogP contribution in [0.3, 0.4) is 0 Å². The maximum atomic E-state index is 12.8. The van der Waals surface area contributed by atoms with Crippen molar-refractivity contribution in [1.82, 2.24) is 4.90 Å². The summed E-state index contributed by atoms with van der Waals surface area (Å²) in [6.07, 6.45) is 1.27. The van der Waals surface area contributed by atoms with Crippen molar-refractivity contribution >= 4 is 39.1 Å². The van der Waals surface area contributed by atoms with Gasteiger partial charge in [0.25, 0.3) is 5.91 Å². The molecule has 2 aromatic carbocycles. The van der Waals surface area contributed by atoms with E-state index in [-0.39, 0.29) is 11.8 Å². The van der Waals surface area contributed by atoms with E-state index in [0.717, 1.165) is 28.9 Å². The lowest BCUT2D eigenvalue weighted by Crippen LogP contribution is -2.48. The molecule has 0 spiro atoms. The van der Waals surface area contributed by atoms with Gasteiger partial charge in [-0.25, -0.2) is 0 Å². The first-order valence-corrected chi connectivity index (χ1v) is 9.59. The van der Waals surface area contributed by atoms with Crippen LogP contribution in [0.1, 0.15) is 10.4 Å². The van der Waals surface area contributed by atoms with Crippen molar-refractivity contribution in [3.05, 3.63) is 71.2 Å². The predicted molar refractivity (Wildman–Crippen MR) is 112 cm³/mol. The van der Waals surface area contributed by atoms with E-state index in [1.165, 1.54) is 11.0 Å². The van der Waals surface area contributed by atoms with Gasteiger partial charge in [0.15, 0.2) is 0 Å². The van der Waals surface area contributed by atoms with Gasteiger partial charge in [0.2, 0.25) is 5.91 Å². The number of rotatable bonds is 4. The van der Waals surface area contributed by atoms with E-state index in [4.69, 9.17) is 0 Å². The second-order valence-electron chi connectivity index (χ2n) is 6.41. The SMILES string of the molecule is C=CC(=O)N(C)c1ccc(C(=O)N2CCN(c3cccc(Br)c3)CC2)cc1. The number of carbonyl (C=O) groups is 2. The number of likely N-dealkylation sites (N-methyl/N-ethyl adjacent to an activating group) is 1. The Balaban J connectivity index is 1.62. The zero-order chi connectivity index (χ0) is 19.4. The highest BCUT2D eigenvalue weighted by molar-refractivity contribution is 9.10. The highest BCUT2D eigenvalue weighted by Crippen LogP contribution is 2.22. The van der Waals surface area contributed by atoms with Gasteiger partial charge in [-0.1, -0.05) is 28.6 Å². The molecule has 1 fully saturated rings. The van der Waals surface area contributed by atoms with Gasteiger partial charge in [0.05, 0.1) is 0 Å². The van der Waals surface area contributed by atoms with Crippen LogP contribution in [0.5, 0.6) is 0 Å². The maximum absolute atomic E-state index is 12.8. The Bertz CT molecular complexity index is 843. The van der Waals surface area contributed by atoms with E-state index in [9.17, 15) is 9.59 Å². The molecule has 0 N–H and O–H groups in total. The normalized spacial score (nSPS) is 14.0. The van der Waals surface area contributed by atoms with Crippen molar-refractivity contribution in [2.45, 2.75) is 0 Å². The number of amides is 2. The number of hydrogen-bond acceptors (Lipinski definition) is 3. The lowest BCUT2D eigenvalue weighted by atomic mass is 10.1. The number of hydrogen-bond donors (Lipinski definition) is 0. The van der Waals surface area contributed by atoms with Gasteiger partial charge in [-0.05, 0) is 48.5 Å². The highest BCUT2D eigenvalue weighted by atomic mass is 79.9. The van der Waals surface area contributed by atoms with Crippen LogP contribution in [0.4, 0.5) is 11.4 Å². The van der Waals surface area contributed by atoms with E-state index in [1.807, 2.05) is 17.0 Å². The van der Waals surface area contributed by atoms with Gasteiger partial charge in [0, 0.05) is 54.6 Å². The van der Waals surface area contributed by atoms with Gasteiger partial charge in [0.1, 0.15) is 0 Å². The summed E-state index contributed by atoms with van der Waals surface area (Å²) in [7, 11) is 1.68. The minimum atomic E-state index is -0.183. The van der Waals surface area contributed by atoms with Crippen molar-refractivity contribution in [2.75, 3.05) is 43.0 Å². The molecule has 0 aromatic heterocycles. The summed E-state index contributed by atoms with van der Waals surface area (Å²) >= 11 is 3.50. The minimum absolute atomic E-state index is 0.0214. The second-order valence-corrected chi connectivity index (χ2v) is 7.32. The zero-order valence-electron chi connectivity index (χ0n) is 15.3. The largest absolute Gasteiger partial charge is 0.368 e. The van der Waals surface area contributed by atoms with Gasteiger partial charge in [-0.3, -0.25) is 9.59 Å². The van der Waals surface area contributed by atoms with E-state index < -0.39 is 0 Å². The van der Waals surface area contributed by atoms with E-state index in [1.54, 1.807) is 31.3 Å². The van der Waals surface area contributed by atoms with Crippen molar-refractivity contribution in [3.63, 3.8) is 0 Å². The topological polar surface area (TPSA) is 43.9 Å². The Labute approximate surface area is 168 Å². The molecule has 0 atom stereocenters. The molecule has 6 heteroatoms. The first-order chi connectivity index (χ1) is 13.0. The molecule has 0 saturated carbocycles. The summed E-state index contributed by atoms with van der Waals surface area (Å²) < 4.78 is 1.05. The van der Waals surface area contributed by atoms with Crippen LogP contribution >= 0.6 is 15.9 Å². The first-order valence-electron chi connectivity index (χ1n) is 8.79. The van der Waals surface area contributed by atoms with Gasteiger partial charge in [-0.2, -0.15) is 0 Å². The maximum Gasteiger partial charge on any atom is 0.253 e. The zero-order valence-corrected chi connectivity index (χ0v) is 16.9. The monoisotopic (exact) mass is 427 g/mol. The lowest BCUT2D eigenvalue weighted by molar-refractivity contribution is -0.113. The minimum Gasteiger partial charge on any atom is -0.368 e. The van der Waals surface area contributed by atoms with Crippen LogP contribution in [-0.2, 0) is 4.79 Å². The fourth-order valence-corrected chi connectivity index (χ4v) is 3.50. The average molecular weight is 428 g/mol. The molecule has 1 heterocycles. The van der Waals surface area contributed by atoms with Gasteiger partial charge >= 0.3 is 0 Å². The molecule has 1 aliphatic heterocycles. The molecular formula is C21H22BrN3O2. The number of anilines is 2. The lowest BCUT2D eigenvalue weighted by Gasteiger charge is -2.36. The summed E-state index contributed by atoms with van der Waals surface area (Å²) in [5, 5.41) is 0. The Kier molecular flexibility index (Phi) is 5.96. The molecular weight excluding hydrogens is 406 g/mol. The Morgan fingerprint density at radius 3 is 2.33 bits per heavy atom. The molecule has 2 aromatic rings. The number of halogens is 1. The van der Waals surface area contributed by atoms with Crippen LogP contribution in [0.15, 0.2) is 65.7 Å². The number of nitrogens with zero attached hydrogens (tertiary/aromatic N) is 3. The smallest absolute Gasteiger partial charge is 0.253 e. The Hall–Kier alpha value is -2.60. The summed E-state index contributed by atoms with van der Waals surface area (Å²) in [5.74, 6) is -0.161. The van der Waals surface area contributed by atoms with Crippen LogP contribution in [0.2, 0.25) is 0 Å². The highest BCUT2D eigenvalue weighted by Gasteiger charge is 2.22. The molecule has 2 amide bonds. The molecule has 0 aliphatic carbocycles. The molecule has 1 saturated heterocycles. The summed E-state index contributed by atoms with van der Waals surface area (Å²) in [6, 6.07) is 15.3. The van der Waals surface area contributed by atoms with Gasteiger partial charge in [-0.15, -0.1) is 0 Å². The summed E-state index contributed by atoms with van der Waals surface area (Å²) in [5.41, 5.74) is 2.53. The van der Waals surface area contributed by atoms with Gasteiger partial charge < -0.3 is 14.7 Å². The quantitative estimate of drug-likeness (QED) is 0.700. The second kappa shape index (κ2) is 8.39. The molecule has 3 rings (SSSR count). The van der Waals surface area contributed by atoms with Crippen LogP contribution in [0, 0.1) is 0 Å². The molecule has 0 radical (unpaired) electrons. The number of carbonyl (C=O) groups excluding carboxylic acids is 2. The molecule has 27 heavy (non-hydrogen) atoms. The molecule has 0 unspecified atom stereocenters. The summed E-state index contributed by atoms with van der Waals surface area (Å²) in [4.78, 5) is 30.1. The van der Waals surface area contributed by atoms with Crippen LogP contribution in [-0.4, -0.2) is 49.9 Å². The average Bonchev–Trinajstić information content (AvgIpc) is 2.72. The number of benzene rings is 2. The van der Waals surface area contributed by atoms with Crippen molar-refractivity contribution in [3.8, 4) is 0 Å². The van der Waals surface area contributed by atoms with E-state index >= 15 is 0 Å². The molecule has 1 aliphatic rings. The molecule has 5 nitrogen and oxygen atoms in total. The molecule has 0 bridgehead atoms. The third kappa shape index (κ3) is 4.39. The van der Waals surface area contributed by atoms with Crippen molar-refractivity contribution < 1.29 is 9.59 Å². The predicted octanol–water partition coefficient (Wildman–Crippen LogP) is 3.56. The van der Waals surface area contributed by atoms with E-state index in [0.29, 0.717) is 18.7 Å². The Morgan fingerprint density at radius 1 is 1.07 bits per heavy atom. The first kappa shape index (κ1) is 19.2. The van der Waals surface area contributed by atoms with Crippen LogP contribution in [0.25, 0.3) is 0 Å². The van der Waals surface area contributed by atoms with E-state index in [2.05, 4.69) is 39.5 Å². The van der Waals surface area contributed by atoms with Crippen molar-refractivity contribution in [1.29, 1.82) is 0 Å². The Morgan fingerprint density at radius 2 is 1.74 bits per heavy atom. The molecule has 140 valence electrons. The third-order valence-corrected chi connectivity index (χ3v) is 5.24. The summed E-state index contributed by atoms with van der Waals surface area (Å²) in [6.45, 7) is 6.46. The van der Waals surface area contributed by atoms with Crippen molar-refractivity contribution in [2.24, 2.45) is 0 Å². The fraction of sp³-hybridized carbons (Fsp3) is 0.238. The van der Waals surface area contributed by atoms with Crippen LogP contribution < -0.4 is 9.80 Å².